The molecule has 0 aliphatic carbocycles. The van der Waals surface area contributed by atoms with Crippen LogP contribution in [0.2, 0.25) is 0 Å². The van der Waals surface area contributed by atoms with Gasteiger partial charge < -0.3 is 19.7 Å². The molecule has 1 amide bonds. The molecule has 0 radical (unpaired) electrons. The molecule has 2 aromatic rings. The summed E-state index contributed by atoms with van der Waals surface area (Å²) in [5.74, 6) is 0.286. The number of fused-ring (bicyclic) bond motifs is 1. The lowest BCUT2D eigenvalue weighted by molar-refractivity contribution is -0.150. The first-order valence-electron chi connectivity index (χ1n) is 14.2. The van der Waals surface area contributed by atoms with Crippen LogP contribution in [0.15, 0.2) is 36.4 Å². The number of piperazine rings is 1. The number of rotatable bonds is 11. The van der Waals surface area contributed by atoms with Crippen LogP contribution in [0.1, 0.15) is 49.8 Å². The number of nitrogens with one attached hydrogen (secondary N) is 1. The summed E-state index contributed by atoms with van der Waals surface area (Å²) in [6, 6.07) is 12.5. The zero-order valence-corrected chi connectivity index (χ0v) is 24.2. The van der Waals surface area contributed by atoms with Crippen LogP contribution >= 0.6 is 0 Å². The first kappa shape index (κ1) is 28.9. The van der Waals surface area contributed by atoms with Crippen molar-refractivity contribution < 1.29 is 19.1 Å². The van der Waals surface area contributed by atoms with Crippen molar-refractivity contribution in [1.82, 2.24) is 10.2 Å². The molecule has 2 aliphatic heterocycles. The molecular weight excluding hydrogens is 492 g/mol. The van der Waals surface area contributed by atoms with Gasteiger partial charge in [-0.25, -0.2) is 0 Å². The van der Waals surface area contributed by atoms with Crippen molar-refractivity contribution in [3.8, 4) is 5.75 Å². The second kappa shape index (κ2) is 12.8. The highest BCUT2D eigenvalue weighted by molar-refractivity contribution is 5.96. The second-order valence-corrected chi connectivity index (χ2v) is 11.2. The number of nitrogens with zero attached hydrogens (tertiary/aromatic N) is 3. The number of esters is 1. The van der Waals surface area contributed by atoms with E-state index in [1.165, 1.54) is 16.8 Å². The van der Waals surface area contributed by atoms with Gasteiger partial charge in [0.15, 0.2) is 6.73 Å². The Bertz CT molecular complexity index is 1160. The highest BCUT2D eigenvalue weighted by Crippen LogP contribution is 2.32. The van der Waals surface area contributed by atoms with Crippen molar-refractivity contribution in [2.24, 2.45) is 0 Å². The molecule has 0 bridgehead atoms. The second-order valence-electron chi connectivity index (χ2n) is 11.2. The van der Waals surface area contributed by atoms with E-state index in [1.807, 2.05) is 18.2 Å². The molecule has 1 fully saturated rings. The van der Waals surface area contributed by atoms with Gasteiger partial charge >= 0.3 is 5.97 Å². The largest absolute Gasteiger partial charge is 0.494 e. The van der Waals surface area contributed by atoms with Gasteiger partial charge in [0.1, 0.15) is 11.3 Å². The van der Waals surface area contributed by atoms with Gasteiger partial charge in [-0.05, 0) is 89.4 Å². The lowest BCUT2D eigenvalue weighted by atomic mass is 10.0. The van der Waals surface area contributed by atoms with Crippen molar-refractivity contribution in [1.29, 1.82) is 0 Å². The minimum Gasteiger partial charge on any atom is -0.494 e. The van der Waals surface area contributed by atoms with E-state index in [9.17, 15) is 9.59 Å². The predicted octanol–water partition coefficient (Wildman–Crippen LogP) is 4.06. The number of unbranched alkanes of at least 4 members (excludes halogenated alkanes) is 1. The molecule has 2 aliphatic rings. The van der Waals surface area contributed by atoms with Gasteiger partial charge in [0, 0.05) is 44.4 Å². The number of amides is 1. The molecule has 0 spiro atoms. The highest BCUT2D eigenvalue weighted by atomic mass is 16.5. The average molecular weight is 537 g/mol. The number of carbonyl (C=O) groups excluding carboxylic acids is 2. The van der Waals surface area contributed by atoms with E-state index in [-0.39, 0.29) is 12.6 Å². The average Bonchev–Trinajstić information content (AvgIpc) is 2.94. The van der Waals surface area contributed by atoms with Crippen LogP contribution in [0, 0.1) is 13.8 Å². The van der Waals surface area contributed by atoms with Crippen LogP contribution in [0.5, 0.6) is 5.75 Å². The summed E-state index contributed by atoms with van der Waals surface area (Å²) < 4.78 is 11.5. The SMILES string of the molecule is CNC(C)(C)C(=O)OCN1C(=O)CCc2ccc(OCCCCN3CCN(c4cccc(C)c4C)CC3)cc21. The predicted molar refractivity (Wildman–Crippen MR) is 156 cm³/mol. The summed E-state index contributed by atoms with van der Waals surface area (Å²) in [7, 11) is 1.71. The van der Waals surface area contributed by atoms with Gasteiger partial charge in [-0.3, -0.25) is 19.4 Å². The summed E-state index contributed by atoms with van der Waals surface area (Å²) in [6.45, 7) is 13.8. The minimum atomic E-state index is -0.819. The standard InChI is InChI=1S/C31H44N4O4/c1-23-9-8-10-27(24(23)2)34-18-16-33(17-19-34)15-6-7-20-38-26-13-11-25-12-14-29(36)35(28(25)21-26)22-39-30(37)31(3,4)32-5/h8-11,13,21,32H,6-7,12,14-20,22H2,1-5H3. The third kappa shape index (κ3) is 7.11. The fourth-order valence-corrected chi connectivity index (χ4v) is 5.07. The molecule has 212 valence electrons. The van der Waals surface area contributed by atoms with Crippen molar-refractivity contribution in [2.75, 3.05) is 62.9 Å². The maximum atomic E-state index is 12.7. The van der Waals surface area contributed by atoms with E-state index in [0.29, 0.717) is 19.4 Å². The Labute approximate surface area is 233 Å². The van der Waals surface area contributed by atoms with Gasteiger partial charge in [0.05, 0.1) is 12.3 Å². The molecule has 2 aromatic carbocycles. The molecule has 2 heterocycles. The van der Waals surface area contributed by atoms with Gasteiger partial charge in [0.25, 0.3) is 0 Å². The van der Waals surface area contributed by atoms with Crippen molar-refractivity contribution in [3.05, 3.63) is 53.1 Å². The molecule has 39 heavy (non-hydrogen) atoms. The summed E-state index contributed by atoms with van der Waals surface area (Å²) in [5, 5.41) is 2.93. The molecule has 8 heteroatoms. The van der Waals surface area contributed by atoms with Crippen LogP contribution in [-0.4, -0.2) is 75.4 Å². The monoisotopic (exact) mass is 536 g/mol. The molecule has 8 nitrogen and oxygen atoms in total. The van der Waals surface area contributed by atoms with E-state index in [2.05, 4.69) is 47.2 Å². The van der Waals surface area contributed by atoms with Gasteiger partial charge in [-0.1, -0.05) is 18.2 Å². The Balaban J connectivity index is 1.22. The quantitative estimate of drug-likeness (QED) is 0.343. The molecule has 0 aromatic heterocycles. The number of carbonyl (C=O) groups is 2. The molecular formula is C31H44N4O4. The van der Waals surface area contributed by atoms with Crippen molar-refractivity contribution in [3.63, 3.8) is 0 Å². The van der Waals surface area contributed by atoms with Crippen LogP contribution in [0.4, 0.5) is 11.4 Å². The summed E-state index contributed by atoms with van der Waals surface area (Å²) >= 11 is 0. The fourth-order valence-electron chi connectivity index (χ4n) is 5.07. The van der Waals surface area contributed by atoms with E-state index in [4.69, 9.17) is 9.47 Å². The highest BCUT2D eigenvalue weighted by Gasteiger charge is 2.30. The zero-order valence-electron chi connectivity index (χ0n) is 24.2. The third-order valence-corrected chi connectivity index (χ3v) is 8.14. The smallest absolute Gasteiger partial charge is 0.327 e. The van der Waals surface area contributed by atoms with Gasteiger partial charge in [-0.15, -0.1) is 0 Å². The van der Waals surface area contributed by atoms with Crippen LogP contribution in [0.3, 0.4) is 0 Å². The number of benzene rings is 2. The summed E-state index contributed by atoms with van der Waals surface area (Å²) in [5.41, 5.74) is 5.11. The number of anilines is 2. The fraction of sp³-hybridized carbons (Fsp3) is 0.548. The van der Waals surface area contributed by atoms with Crippen LogP contribution in [-0.2, 0) is 20.7 Å². The summed E-state index contributed by atoms with van der Waals surface area (Å²) in [4.78, 5) is 31.6. The number of hydrogen-bond donors (Lipinski definition) is 1. The molecule has 0 saturated carbocycles. The molecule has 4 rings (SSSR count). The van der Waals surface area contributed by atoms with Gasteiger partial charge in [-0.2, -0.15) is 0 Å². The molecule has 1 N–H and O–H groups in total. The molecule has 0 unspecified atom stereocenters. The lowest BCUT2D eigenvalue weighted by Crippen LogP contribution is -2.47. The van der Waals surface area contributed by atoms with E-state index in [1.54, 1.807) is 25.8 Å². The number of ether oxygens (including phenoxy) is 2. The van der Waals surface area contributed by atoms with Crippen LogP contribution < -0.4 is 19.9 Å². The Morgan fingerprint density at radius 2 is 1.77 bits per heavy atom. The Kier molecular flexibility index (Phi) is 9.51. The Morgan fingerprint density at radius 3 is 2.51 bits per heavy atom. The first-order chi connectivity index (χ1) is 18.7. The number of hydrogen-bond acceptors (Lipinski definition) is 7. The lowest BCUT2D eigenvalue weighted by Gasteiger charge is -2.37. The maximum Gasteiger partial charge on any atom is 0.327 e. The zero-order chi connectivity index (χ0) is 28.0. The minimum absolute atomic E-state index is 0.0487. The van der Waals surface area contributed by atoms with E-state index in [0.717, 1.165) is 62.6 Å². The maximum absolute atomic E-state index is 12.7. The molecule has 0 atom stereocenters. The van der Waals surface area contributed by atoms with Gasteiger partial charge in [0.2, 0.25) is 5.91 Å². The summed E-state index contributed by atoms with van der Waals surface area (Å²) in [6.07, 6.45) is 3.13. The normalized spacial score (nSPS) is 16.3. The van der Waals surface area contributed by atoms with E-state index >= 15 is 0 Å². The number of aryl methyl sites for hydroxylation is 2. The van der Waals surface area contributed by atoms with Crippen molar-refractivity contribution in [2.45, 2.75) is 58.9 Å². The van der Waals surface area contributed by atoms with E-state index < -0.39 is 11.5 Å². The first-order valence-corrected chi connectivity index (χ1v) is 14.2. The van der Waals surface area contributed by atoms with Crippen LogP contribution in [0.25, 0.3) is 0 Å². The third-order valence-electron chi connectivity index (χ3n) is 8.14. The molecule has 1 saturated heterocycles. The Morgan fingerprint density at radius 1 is 1.00 bits per heavy atom. The number of likely N-dealkylation sites (N-methyl/N-ethyl adjacent to an activating group) is 1. The van der Waals surface area contributed by atoms with Crippen molar-refractivity contribution >= 4 is 23.3 Å². The topological polar surface area (TPSA) is 74.3 Å². The Hall–Kier alpha value is -3.10.